The summed E-state index contributed by atoms with van der Waals surface area (Å²) in [6, 6.07) is 1.68. The third-order valence-electron chi connectivity index (χ3n) is 1.10. The lowest BCUT2D eigenvalue weighted by atomic mass is 10.3. The fourth-order valence-corrected chi connectivity index (χ4v) is 1.32. The van der Waals surface area contributed by atoms with Gasteiger partial charge in [-0.3, -0.25) is 0 Å². The first-order valence-electron chi connectivity index (χ1n) is 2.52. The van der Waals surface area contributed by atoms with Crippen molar-refractivity contribution >= 4 is 17.3 Å². The lowest BCUT2D eigenvalue weighted by Gasteiger charge is -1.80. The molecule has 2 N–H and O–H groups in total. The summed E-state index contributed by atoms with van der Waals surface area (Å²) in [5.41, 5.74) is 0.528. The van der Waals surface area contributed by atoms with Gasteiger partial charge in [-0.05, 0) is 18.4 Å². The smallest absolute Gasteiger partial charge is 0.550 e. The molecule has 1 heterocycles. The van der Waals surface area contributed by atoms with Gasteiger partial charge in [-0.1, -0.05) is 0 Å². The number of carbonyl (C=O) groups excluding carboxylic acids is 1. The zero-order valence-corrected chi connectivity index (χ0v) is 5.79. The van der Waals surface area contributed by atoms with Gasteiger partial charge in [0.1, 0.15) is 5.56 Å². The molecule has 0 aliphatic rings. The third kappa shape index (κ3) is 1.10. The van der Waals surface area contributed by atoms with Crippen molar-refractivity contribution in [2.45, 2.75) is 6.92 Å². The molecule has 0 aliphatic carbocycles. The summed E-state index contributed by atoms with van der Waals surface area (Å²) in [6.45, 7) is 1.84. The van der Waals surface area contributed by atoms with Gasteiger partial charge in [0.25, 0.3) is 0 Å². The van der Waals surface area contributed by atoms with Crippen LogP contribution in [0.1, 0.15) is 15.2 Å². The van der Waals surface area contributed by atoms with Crippen LogP contribution in [0.4, 0.5) is 0 Å². The summed E-state index contributed by atoms with van der Waals surface area (Å²) >= 11 is 1.49. The van der Waals surface area contributed by atoms with E-state index >= 15 is 0 Å². The minimum atomic E-state index is -0.589. The average Bonchev–Trinajstić information content (AvgIpc) is 2.13. The van der Waals surface area contributed by atoms with E-state index < -0.39 is 5.97 Å². The predicted molar refractivity (Wildman–Crippen MR) is 37.0 cm³/mol. The number of aryl methyl sites for hydroxylation is 1. The Morgan fingerprint density at radius 1 is 1.78 bits per heavy atom. The molecule has 0 amide bonds. The van der Waals surface area contributed by atoms with Gasteiger partial charge in [-0.2, -0.15) is 0 Å². The van der Waals surface area contributed by atoms with E-state index in [-0.39, 0.29) is 0 Å². The Bertz CT molecular complexity index is 227. The van der Waals surface area contributed by atoms with E-state index in [0.29, 0.717) is 5.56 Å². The molecule has 0 unspecified atom stereocenters. The van der Waals surface area contributed by atoms with E-state index in [2.05, 4.69) is 0 Å². The fourth-order valence-electron chi connectivity index (χ4n) is 0.621. The molecule has 0 atom stereocenters. The molecule has 0 aromatic carbocycles. The molecule has 0 saturated heterocycles. The Hall–Kier alpha value is -0.830. The van der Waals surface area contributed by atoms with E-state index in [1.807, 2.05) is 12.3 Å². The molecule has 9 heavy (non-hydrogen) atoms. The average molecular weight is 143 g/mol. The van der Waals surface area contributed by atoms with Crippen LogP contribution in [0.15, 0.2) is 11.4 Å². The van der Waals surface area contributed by atoms with Crippen molar-refractivity contribution in [1.29, 1.82) is 0 Å². The zero-order valence-electron chi connectivity index (χ0n) is 4.97. The molecule has 0 bridgehead atoms. The minimum Gasteiger partial charge on any atom is -0.561 e. The largest absolute Gasteiger partial charge is 0.561 e. The maximum atomic E-state index is 10.4. The Labute approximate surface area is 56.8 Å². The molecule has 3 heteroatoms. The van der Waals surface area contributed by atoms with Crippen LogP contribution in [0, 0.1) is 6.92 Å². The van der Waals surface area contributed by atoms with Gasteiger partial charge < -0.3 is 5.11 Å². The highest BCUT2D eigenvalue weighted by molar-refractivity contribution is 7.10. The van der Waals surface area contributed by atoms with Crippen molar-refractivity contribution in [2.75, 3.05) is 0 Å². The summed E-state index contributed by atoms with van der Waals surface area (Å²) in [4.78, 5) is 11.3. The SMILES string of the molecule is Cc1sccc1C(=O)[OH2+]. The lowest BCUT2D eigenvalue weighted by Crippen LogP contribution is -1.94. The van der Waals surface area contributed by atoms with Crippen LogP contribution >= 0.6 is 11.3 Å². The van der Waals surface area contributed by atoms with E-state index in [1.165, 1.54) is 11.3 Å². The molecule has 1 aromatic rings. The van der Waals surface area contributed by atoms with Crippen LogP contribution in [0.2, 0.25) is 0 Å². The number of thiophene rings is 1. The van der Waals surface area contributed by atoms with Gasteiger partial charge in [0.15, 0.2) is 0 Å². The Kier molecular flexibility index (Phi) is 1.53. The van der Waals surface area contributed by atoms with Crippen molar-refractivity contribution < 1.29 is 9.90 Å². The summed E-state index contributed by atoms with van der Waals surface area (Å²) < 4.78 is 0. The van der Waals surface area contributed by atoms with Crippen LogP contribution < -0.4 is 0 Å². The van der Waals surface area contributed by atoms with Gasteiger partial charge in [0.05, 0.1) is 0 Å². The second-order valence-electron chi connectivity index (χ2n) is 1.72. The summed E-state index contributed by atoms with van der Waals surface area (Å²) in [7, 11) is 0. The molecular formula is C6H7O2S+. The number of carbonyl (C=O) groups is 1. The van der Waals surface area contributed by atoms with E-state index in [9.17, 15) is 4.79 Å². The standard InChI is InChI=1S/C6H6O2S/c1-4-5(6(7)8)2-3-9-4/h2-3H,1H3,(H,7,8)/p+1. The van der Waals surface area contributed by atoms with Crippen LogP contribution in [-0.2, 0) is 0 Å². The van der Waals surface area contributed by atoms with Gasteiger partial charge in [0, 0.05) is 9.67 Å². The molecule has 0 aliphatic heterocycles. The summed E-state index contributed by atoms with van der Waals surface area (Å²) in [5, 5.41) is 8.56. The van der Waals surface area contributed by atoms with Crippen molar-refractivity contribution in [1.82, 2.24) is 0 Å². The molecular weight excluding hydrogens is 136 g/mol. The van der Waals surface area contributed by atoms with Crippen molar-refractivity contribution in [3.05, 3.63) is 21.9 Å². The molecule has 1 aromatic heterocycles. The maximum Gasteiger partial charge on any atom is 0.550 e. The number of hydrogen-bond acceptors (Lipinski definition) is 2. The predicted octanol–water partition coefficient (Wildman–Crippen LogP) is 0.921. The second kappa shape index (κ2) is 2.19. The second-order valence-corrected chi connectivity index (χ2v) is 2.84. The van der Waals surface area contributed by atoms with Gasteiger partial charge in [-0.25, -0.2) is 0 Å². The van der Waals surface area contributed by atoms with Crippen molar-refractivity contribution in [3.8, 4) is 0 Å². The highest BCUT2D eigenvalue weighted by atomic mass is 32.1. The van der Waals surface area contributed by atoms with Crippen LogP contribution in [0.25, 0.3) is 0 Å². The highest BCUT2D eigenvalue weighted by Crippen LogP contribution is 2.13. The highest BCUT2D eigenvalue weighted by Gasteiger charge is 2.13. The van der Waals surface area contributed by atoms with Gasteiger partial charge in [-0.15, -0.1) is 11.3 Å². The van der Waals surface area contributed by atoms with Crippen molar-refractivity contribution in [2.24, 2.45) is 0 Å². The van der Waals surface area contributed by atoms with E-state index in [4.69, 9.17) is 5.11 Å². The third-order valence-corrected chi connectivity index (χ3v) is 1.95. The van der Waals surface area contributed by atoms with Crippen LogP contribution in [0.5, 0.6) is 0 Å². The Balaban J connectivity index is 3.08. The van der Waals surface area contributed by atoms with Crippen LogP contribution in [-0.4, -0.2) is 11.1 Å². The number of hydrogen-bond donors (Lipinski definition) is 0. The molecule has 0 saturated carbocycles. The zero-order chi connectivity index (χ0) is 6.85. The molecule has 48 valence electrons. The van der Waals surface area contributed by atoms with E-state index in [1.54, 1.807) is 6.07 Å². The molecule has 2 nitrogen and oxygen atoms in total. The first-order chi connectivity index (χ1) is 4.22. The fraction of sp³-hybridized carbons (Fsp3) is 0.167. The van der Waals surface area contributed by atoms with Crippen molar-refractivity contribution in [3.63, 3.8) is 0 Å². The monoisotopic (exact) mass is 143 g/mol. The topological polar surface area (TPSA) is 40.0 Å². The summed E-state index contributed by atoms with van der Waals surface area (Å²) in [6.07, 6.45) is 0. The molecule has 0 radical (unpaired) electrons. The van der Waals surface area contributed by atoms with E-state index in [0.717, 1.165) is 4.88 Å². The quantitative estimate of drug-likeness (QED) is 0.539. The minimum absolute atomic E-state index is 0.528. The molecule has 1 rings (SSSR count). The summed E-state index contributed by atoms with van der Waals surface area (Å²) in [5.74, 6) is -0.589. The Morgan fingerprint density at radius 2 is 2.44 bits per heavy atom. The molecule has 0 fully saturated rings. The number of rotatable bonds is 1. The van der Waals surface area contributed by atoms with Crippen LogP contribution in [0.3, 0.4) is 0 Å². The normalized spacial score (nSPS) is 9.44. The van der Waals surface area contributed by atoms with Gasteiger partial charge in [0.2, 0.25) is 0 Å². The van der Waals surface area contributed by atoms with Gasteiger partial charge >= 0.3 is 5.97 Å². The molecule has 0 spiro atoms. The lowest BCUT2D eigenvalue weighted by molar-refractivity contribution is 0.0697. The Morgan fingerprint density at radius 3 is 2.67 bits per heavy atom. The first-order valence-corrected chi connectivity index (χ1v) is 3.40. The first kappa shape index (κ1) is 6.29. The maximum absolute atomic E-state index is 10.4.